The average Bonchev–Trinajstić information content (AvgIpc) is 2.76. The Morgan fingerprint density at radius 1 is 1.29 bits per heavy atom. The van der Waals surface area contributed by atoms with Gasteiger partial charge in [-0.2, -0.15) is 5.48 Å². The second-order valence-corrected chi connectivity index (χ2v) is 4.18. The minimum absolute atomic E-state index is 0. The quantitative estimate of drug-likeness (QED) is 0.852. The SMILES string of the molecule is Cl.Cl.Fc1cccc(N2CC3CONC3C2)c1. The Labute approximate surface area is 112 Å². The second-order valence-electron chi connectivity index (χ2n) is 4.18. The highest BCUT2D eigenvalue weighted by Crippen LogP contribution is 2.27. The van der Waals surface area contributed by atoms with Crippen LogP contribution in [-0.2, 0) is 4.84 Å². The van der Waals surface area contributed by atoms with Gasteiger partial charge in [0, 0.05) is 24.7 Å². The van der Waals surface area contributed by atoms with Gasteiger partial charge in [0.25, 0.3) is 0 Å². The molecule has 96 valence electrons. The monoisotopic (exact) mass is 280 g/mol. The second kappa shape index (κ2) is 5.87. The third-order valence-corrected chi connectivity index (χ3v) is 3.15. The van der Waals surface area contributed by atoms with E-state index in [1.807, 2.05) is 6.07 Å². The molecule has 2 saturated heterocycles. The average molecular weight is 281 g/mol. The zero-order valence-electron chi connectivity index (χ0n) is 9.14. The standard InChI is InChI=1S/C11H13FN2O.2ClH/c12-9-2-1-3-10(4-9)14-5-8-7-15-13-11(8)6-14;;/h1-4,8,11,13H,5-7H2;2*1H. The number of anilines is 1. The molecule has 17 heavy (non-hydrogen) atoms. The Hall–Kier alpha value is -0.550. The number of nitrogens with zero attached hydrogens (tertiary/aromatic N) is 1. The molecule has 2 atom stereocenters. The molecule has 3 nitrogen and oxygen atoms in total. The van der Waals surface area contributed by atoms with Crippen molar-refractivity contribution in [3.63, 3.8) is 0 Å². The van der Waals surface area contributed by atoms with Crippen LogP contribution in [0, 0.1) is 11.7 Å². The van der Waals surface area contributed by atoms with Gasteiger partial charge < -0.3 is 9.74 Å². The van der Waals surface area contributed by atoms with Gasteiger partial charge in [-0.3, -0.25) is 0 Å². The van der Waals surface area contributed by atoms with Gasteiger partial charge in [0.15, 0.2) is 0 Å². The van der Waals surface area contributed by atoms with Gasteiger partial charge >= 0.3 is 0 Å². The molecule has 2 aliphatic rings. The highest BCUT2D eigenvalue weighted by atomic mass is 35.5. The fourth-order valence-electron chi connectivity index (χ4n) is 2.32. The van der Waals surface area contributed by atoms with Gasteiger partial charge in [0.05, 0.1) is 12.6 Å². The highest BCUT2D eigenvalue weighted by molar-refractivity contribution is 5.85. The third-order valence-electron chi connectivity index (χ3n) is 3.15. The van der Waals surface area contributed by atoms with E-state index in [0.29, 0.717) is 12.0 Å². The van der Waals surface area contributed by atoms with E-state index < -0.39 is 0 Å². The molecule has 0 aliphatic carbocycles. The van der Waals surface area contributed by atoms with E-state index in [-0.39, 0.29) is 30.6 Å². The lowest BCUT2D eigenvalue weighted by molar-refractivity contribution is 0.0846. The molecule has 0 radical (unpaired) electrons. The van der Waals surface area contributed by atoms with E-state index in [9.17, 15) is 4.39 Å². The summed E-state index contributed by atoms with van der Waals surface area (Å²) < 4.78 is 13.0. The van der Waals surface area contributed by atoms with E-state index in [4.69, 9.17) is 4.84 Å². The molecule has 2 unspecified atom stereocenters. The summed E-state index contributed by atoms with van der Waals surface area (Å²) in [7, 11) is 0. The normalized spacial score (nSPS) is 26.1. The Bertz CT molecular complexity index is 368. The van der Waals surface area contributed by atoms with Crippen LogP contribution >= 0.6 is 24.8 Å². The molecular weight excluding hydrogens is 266 g/mol. The number of fused-ring (bicyclic) bond motifs is 1. The number of hydrogen-bond donors (Lipinski definition) is 1. The zero-order valence-corrected chi connectivity index (χ0v) is 10.8. The lowest BCUT2D eigenvalue weighted by Gasteiger charge is -2.19. The fraction of sp³-hybridized carbons (Fsp3) is 0.455. The molecule has 3 rings (SSSR count). The molecule has 2 heterocycles. The molecule has 0 bridgehead atoms. The largest absolute Gasteiger partial charge is 0.369 e. The van der Waals surface area contributed by atoms with Crippen LogP contribution in [0.2, 0.25) is 0 Å². The summed E-state index contributed by atoms with van der Waals surface area (Å²) in [4.78, 5) is 7.37. The Morgan fingerprint density at radius 2 is 2.12 bits per heavy atom. The van der Waals surface area contributed by atoms with Gasteiger partial charge in [0.1, 0.15) is 5.82 Å². The number of hydrogen-bond acceptors (Lipinski definition) is 3. The van der Waals surface area contributed by atoms with Crippen molar-refractivity contribution in [2.75, 3.05) is 24.6 Å². The maximum absolute atomic E-state index is 13.0. The molecule has 1 aromatic carbocycles. The molecular formula is C11H15Cl2FN2O. The molecule has 0 amide bonds. The van der Waals surface area contributed by atoms with Crippen LogP contribution in [0.5, 0.6) is 0 Å². The van der Waals surface area contributed by atoms with Crippen LogP contribution in [0.4, 0.5) is 10.1 Å². The van der Waals surface area contributed by atoms with Crippen LogP contribution in [0.25, 0.3) is 0 Å². The van der Waals surface area contributed by atoms with Gasteiger partial charge in [-0.1, -0.05) is 6.07 Å². The number of rotatable bonds is 1. The maximum Gasteiger partial charge on any atom is 0.125 e. The molecule has 1 N–H and O–H groups in total. The molecule has 1 aromatic rings. The van der Waals surface area contributed by atoms with Gasteiger partial charge in [-0.25, -0.2) is 4.39 Å². The van der Waals surface area contributed by atoms with Crippen LogP contribution in [0.1, 0.15) is 0 Å². The molecule has 0 saturated carbocycles. The topological polar surface area (TPSA) is 24.5 Å². The minimum Gasteiger partial charge on any atom is -0.369 e. The first-order valence-corrected chi connectivity index (χ1v) is 5.21. The summed E-state index contributed by atoms with van der Waals surface area (Å²) >= 11 is 0. The predicted molar refractivity (Wildman–Crippen MR) is 69.5 cm³/mol. The molecule has 6 heteroatoms. The Balaban J connectivity index is 0.000000722. The number of halogens is 3. The smallest absolute Gasteiger partial charge is 0.125 e. The van der Waals surface area contributed by atoms with Crippen molar-refractivity contribution in [1.29, 1.82) is 0 Å². The number of benzene rings is 1. The van der Waals surface area contributed by atoms with Crippen molar-refractivity contribution in [2.24, 2.45) is 5.92 Å². The van der Waals surface area contributed by atoms with Crippen molar-refractivity contribution < 1.29 is 9.23 Å². The van der Waals surface area contributed by atoms with Crippen molar-refractivity contribution in [2.45, 2.75) is 6.04 Å². The summed E-state index contributed by atoms with van der Waals surface area (Å²) in [6, 6.07) is 7.16. The zero-order chi connectivity index (χ0) is 10.3. The number of hydroxylamine groups is 1. The molecule has 0 spiro atoms. The van der Waals surface area contributed by atoms with E-state index in [1.165, 1.54) is 6.07 Å². The summed E-state index contributed by atoms with van der Waals surface area (Å²) in [5.74, 6) is 0.363. The van der Waals surface area contributed by atoms with Gasteiger partial charge in [0.2, 0.25) is 0 Å². The lowest BCUT2D eigenvalue weighted by atomic mass is 10.1. The van der Waals surface area contributed by atoms with Crippen molar-refractivity contribution in [3.8, 4) is 0 Å². The maximum atomic E-state index is 13.0. The highest BCUT2D eigenvalue weighted by Gasteiger charge is 2.37. The van der Waals surface area contributed by atoms with E-state index in [2.05, 4.69) is 10.4 Å². The predicted octanol–water partition coefficient (Wildman–Crippen LogP) is 2.01. The van der Waals surface area contributed by atoms with Crippen LogP contribution in [0.3, 0.4) is 0 Å². The summed E-state index contributed by atoms with van der Waals surface area (Å²) in [6.45, 7) is 2.60. The van der Waals surface area contributed by atoms with E-state index in [1.54, 1.807) is 12.1 Å². The fourth-order valence-corrected chi connectivity index (χ4v) is 2.32. The van der Waals surface area contributed by atoms with Crippen molar-refractivity contribution >= 4 is 30.5 Å². The minimum atomic E-state index is -0.172. The number of nitrogens with one attached hydrogen (secondary N) is 1. The van der Waals surface area contributed by atoms with Crippen LogP contribution < -0.4 is 10.4 Å². The Kier molecular flexibility index (Phi) is 5.01. The summed E-state index contributed by atoms with van der Waals surface area (Å²) in [5.41, 5.74) is 3.96. The molecule has 2 aliphatic heterocycles. The third kappa shape index (κ3) is 2.83. The van der Waals surface area contributed by atoms with Crippen molar-refractivity contribution in [3.05, 3.63) is 30.1 Å². The Morgan fingerprint density at radius 3 is 2.82 bits per heavy atom. The summed E-state index contributed by atoms with van der Waals surface area (Å²) in [6.07, 6.45) is 0. The van der Waals surface area contributed by atoms with Crippen molar-refractivity contribution in [1.82, 2.24) is 5.48 Å². The van der Waals surface area contributed by atoms with Gasteiger partial charge in [-0.05, 0) is 18.2 Å². The first-order chi connectivity index (χ1) is 7.33. The first-order valence-electron chi connectivity index (χ1n) is 5.21. The van der Waals surface area contributed by atoms with Crippen LogP contribution in [0.15, 0.2) is 24.3 Å². The molecule has 0 aromatic heterocycles. The first kappa shape index (κ1) is 14.5. The van der Waals surface area contributed by atoms with Gasteiger partial charge in [-0.15, -0.1) is 24.8 Å². The van der Waals surface area contributed by atoms with E-state index in [0.717, 1.165) is 25.4 Å². The van der Waals surface area contributed by atoms with Crippen LogP contribution in [-0.4, -0.2) is 25.7 Å². The lowest BCUT2D eigenvalue weighted by Crippen LogP contribution is -2.29. The summed E-state index contributed by atoms with van der Waals surface area (Å²) in [5, 5.41) is 0. The molecule has 2 fully saturated rings. The van der Waals surface area contributed by atoms with E-state index >= 15 is 0 Å².